The predicted octanol–water partition coefficient (Wildman–Crippen LogP) is 3.43. The summed E-state index contributed by atoms with van der Waals surface area (Å²) in [4.78, 5) is 12.1. The lowest BCUT2D eigenvalue weighted by Crippen LogP contribution is -2.20. The SMILES string of the molecule is COc1cc(C=CC(=O)NCc2cccc(NS(C)(=O)=O)c2)ccc1OCC(C)C. The highest BCUT2D eigenvalue weighted by Gasteiger charge is 2.07. The Hall–Kier alpha value is -3.00. The highest BCUT2D eigenvalue weighted by atomic mass is 32.2. The van der Waals surface area contributed by atoms with Crippen LogP contribution in [-0.4, -0.2) is 34.3 Å². The van der Waals surface area contributed by atoms with Gasteiger partial charge in [0, 0.05) is 18.3 Å². The third-order valence-electron chi connectivity index (χ3n) is 3.88. The van der Waals surface area contributed by atoms with Gasteiger partial charge in [0.25, 0.3) is 0 Å². The first-order valence-corrected chi connectivity index (χ1v) is 11.4. The summed E-state index contributed by atoms with van der Waals surface area (Å²) in [6.07, 6.45) is 4.21. The minimum Gasteiger partial charge on any atom is -0.493 e. The van der Waals surface area contributed by atoms with Gasteiger partial charge < -0.3 is 14.8 Å². The largest absolute Gasteiger partial charge is 0.493 e. The Morgan fingerprint density at radius 2 is 1.90 bits per heavy atom. The molecule has 0 bridgehead atoms. The van der Waals surface area contributed by atoms with Crippen LogP contribution >= 0.6 is 0 Å². The van der Waals surface area contributed by atoms with Gasteiger partial charge in [0.2, 0.25) is 15.9 Å². The standard InChI is InChI=1S/C22H28N2O5S/c1-16(2)15-29-20-10-8-17(13-21(20)28-3)9-11-22(25)23-14-18-6-5-7-19(12-18)24-30(4,26)27/h5-13,16,24H,14-15H2,1-4H3,(H,23,25). The molecule has 1 amide bonds. The van der Waals surface area contributed by atoms with Crippen LogP contribution in [0.3, 0.4) is 0 Å². The number of nitrogens with one attached hydrogen (secondary N) is 2. The summed E-state index contributed by atoms with van der Waals surface area (Å²) >= 11 is 0. The third kappa shape index (κ3) is 8.16. The zero-order valence-electron chi connectivity index (χ0n) is 17.6. The van der Waals surface area contributed by atoms with Gasteiger partial charge in [-0.05, 0) is 47.4 Å². The van der Waals surface area contributed by atoms with Crippen molar-refractivity contribution in [3.63, 3.8) is 0 Å². The van der Waals surface area contributed by atoms with Crippen LogP contribution < -0.4 is 19.5 Å². The summed E-state index contributed by atoms with van der Waals surface area (Å²) in [7, 11) is -1.78. The van der Waals surface area contributed by atoms with Crippen LogP contribution in [0, 0.1) is 5.92 Å². The second-order valence-electron chi connectivity index (χ2n) is 7.24. The van der Waals surface area contributed by atoms with Crippen LogP contribution in [0.25, 0.3) is 6.08 Å². The van der Waals surface area contributed by atoms with Gasteiger partial charge >= 0.3 is 0 Å². The molecule has 0 heterocycles. The molecule has 2 aromatic carbocycles. The summed E-state index contributed by atoms with van der Waals surface area (Å²) in [5.74, 6) is 1.40. The number of methoxy groups -OCH3 is 1. The molecule has 2 aromatic rings. The van der Waals surface area contributed by atoms with E-state index in [9.17, 15) is 13.2 Å². The Morgan fingerprint density at radius 3 is 2.57 bits per heavy atom. The molecule has 0 saturated heterocycles. The first-order chi connectivity index (χ1) is 14.2. The number of rotatable bonds is 10. The minimum atomic E-state index is -3.35. The van der Waals surface area contributed by atoms with Crippen LogP contribution in [0.1, 0.15) is 25.0 Å². The van der Waals surface area contributed by atoms with Crippen LogP contribution in [0.5, 0.6) is 11.5 Å². The summed E-state index contributed by atoms with van der Waals surface area (Å²) in [5.41, 5.74) is 2.03. The van der Waals surface area contributed by atoms with Gasteiger partial charge in [0.15, 0.2) is 11.5 Å². The highest BCUT2D eigenvalue weighted by molar-refractivity contribution is 7.92. The van der Waals surface area contributed by atoms with Gasteiger partial charge in [-0.2, -0.15) is 0 Å². The van der Waals surface area contributed by atoms with E-state index in [1.165, 1.54) is 6.08 Å². The summed E-state index contributed by atoms with van der Waals surface area (Å²) < 4.78 is 36.2. The van der Waals surface area contributed by atoms with E-state index >= 15 is 0 Å². The summed E-state index contributed by atoms with van der Waals surface area (Å²) in [5, 5.41) is 2.77. The molecule has 0 radical (unpaired) electrons. The molecule has 8 heteroatoms. The second kappa shape index (κ2) is 10.7. The number of hydrogen-bond donors (Lipinski definition) is 2. The molecule has 0 atom stereocenters. The van der Waals surface area contributed by atoms with Crippen LogP contribution in [0.4, 0.5) is 5.69 Å². The van der Waals surface area contributed by atoms with E-state index < -0.39 is 10.0 Å². The van der Waals surface area contributed by atoms with Gasteiger partial charge in [-0.3, -0.25) is 9.52 Å². The molecule has 0 aliphatic carbocycles. The van der Waals surface area contributed by atoms with Crippen LogP contribution in [0.15, 0.2) is 48.5 Å². The fraction of sp³-hybridized carbons (Fsp3) is 0.318. The lowest BCUT2D eigenvalue weighted by Gasteiger charge is -2.12. The number of sulfonamides is 1. The molecule has 162 valence electrons. The molecule has 30 heavy (non-hydrogen) atoms. The lowest BCUT2D eigenvalue weighted by molar-refractivity contribution is -0.116. The Bertz CT molecular complexity index is 1000. The fourth-order valence-electron chi connectivity index (χ4n) is 2.54. The molecule has 0 spiro atoms. The molecular weight excluding hydrogens is 404 g/mol. The van der Waals surface area contributed by atoms with E-state index in [1.54, 1.807) is 43.5 Å². The second-order valence-corrected chi connectivity index (χ2v) is 8.99. The smallest absolute Gasteiger partial charge is 0.244 e. The molecular formula is C22H28N2O5S. The third-order valence-corrected chi connectivity index (χ3v) is 4.49. The summed E-state index contributed by atoms with van der Waals surface area (Å²) in [6, 6.07) is 12.3. The van der Waals surface area contributed by atoms with Gasteiger partial charge in [-0.1, -0.05) is 32.0 Å². The average molecular weight is 433 g/mol. The number of ether oxygens (including phenoxy) is 2. The molecule has 0 aliphatic heterocycles. The molecule has 0 aliphatic rings. The van der Waals surface area contributed by atoms with E-state index in [0.29, 0.717) is 29.7 Å². The maximum Gasteiger partial charge on any atom is 0.244 e. The van der Waals surface area contributed by atoms with Crippen molar-refractivity contribution in [3.05, 3.63) is 59.7 Å². The van der Waals surface area contributed by atoms with Gasteiger partial charge in [0.05, 0.1) is 20.0 Å². The zero-order chi connectivity index (χ0) is 22.1. The van der Waals surface area contributed by atoms with Gasteiger partial charge in [0.1, 0.15) is 0 Å². The van der Waals surface area contributed by atoms with E-state index in [0.717, 1.165) is 17.4 Å². The molecule has 0 unspecified atom stereocenters. The average Bonchev–Trinajstić information content (AvgIpc) is 2.68. The Morgan fingerprint density at radius 1 is 1.13 bits per heavy atom. The van der Waals surface area contributed by atoms with E-state index in [2.05, 4.69) is 23.9 Å². The Labute approximate surface area is 178 Å². The first kappa shape index (κ1) is 23.3. The first-order valence-electron chi connectivity index (χ1n) is 9.50. The summed E-state index contributed by atoms with van der Waals surface area (Å²) in [6.45, 7) is 5.00. The van der Waals surface area contributed by atoms with Crippen molar-refractivity contribution >= 4 is 27.7 Å². The maximum atomic E-state index is 12.1. The van der Waals surface area contributed by atoms with Crippen LogP contribution in [0.2, 0.25) is 0 Å². The van der Waals surface area contributed by atoms with E-state index in [4.69, 9.17) is 9.47 Å². The van der Waals surface area contributed by atoms with Crippen molar-refractivity contribution in [1.82, 2.24) is 5.32 Å². The fourth-order valence-corrected chi connectivity index (χ4v) is 3.10. The predicted molar refractivity (Wildman–Crippen MR) is 119 cm³/mol. The highest BCUT2D eigenvalue weighted by Crippen LogP contribution is 2.29. The van der Waals surface area contributed by atoms with Crippen molar-refractivity contribution in [2.24, 2.45) is 5.92 Å². The van der Waals surface area contributed by atoms with E-state index in [1.807, 2.05) is 12.1 Å². The molecule has 7 nitrogen and oxygen atoms in total. The Balaban J connectivity index is 1.95. The molecule has 2 N–H and O–H groups in total. The number of hydrogen-bond acceptors (Lipinski definition) is 5. The monoisotopic (exact) mass is 432 g/mol. The van der Waals surface area contributed by atoms with E-state index in [-0.39, 0.29) is 12.5 Å². The van der Waals surface area contributed by atoms with Crippen molar-refractivity contribution in [2.75, 3.05) is 24.7 Å². The number of amides is 1. The molecule has 0 fully saturated rings. The molecule has 0 saturated carbocycles. The number of carbonyl (C=O) groups excluding carboxylic acids is 1. The number of benzene rings is 2. The van der Waals surface area contributed by atoms with Crippen molar-refractivity contribution in [3.8, 4) is 11.5 Å². The molecule has 0 aromatic heterocycles. The Kier molecular flexibility index (Phi) is 8.29. The zero-order valence-corrected chi connectivity index (χ0v) is 18.5. The number of anilines is 1. The van der Waals surface area contributed by atoms with Gasteiger partial charge in [-0.15, -0.1) is 0 Å². The normalized spacial score (nSPS) is 11.5. The van der Waals surface area contributed by atoms with Crippen molar-refractivity contribution < 1.29 is 22.7 Å². The number of carbonyl (C=O) groups is 1. The van der Waals surface area contributed by atoms with Crippen molar-refractivity contribution in [1.29, 1.82) is 0 Å². The molecule has 2 rings (SSSR count). The quantitative estimate of drug-likeness (QED) is 0.561. The van der Waals surface area contributed by atoms with Crippen LogP contribution in [-0.2, 0) is 21.4 Å². The lowest BCUT2D eigenvalue weighted by atomic mass is 10.1. The topological polar surface area (TPSA) is 93.7 Å². The maximum absolute atomic E-state index is 12.1. The minimum absolute atomic E-state index is 0.268. The van der Waals surface area contributed by atoms with Gasteiger partial charge in [-0.25, -0.2) is 8.42 Å². The van der Waals surface area contributed by atoms with Crippen molar-refractivity contribution in [2.45, 2.75) is 20.4 Å².